The number of benzene rings is 1. The number of hydrogen-bond acceptors (Lipinski definition) is 5. The van der Waals surface area contributed by atoms with Gasteiger partial charge in [-0.3, -0.25) is 4.79 Å². The van der Waals surface area contributed by atoms with Crippen LogP contribution in [0, 0.1) is 0 Å². The normalized spacial score (nSPS) is 17.0. The minimum Gasteiger partial charge on any atom is -0.497 e. The molecule has 0 aliphatic carbocycles. The van der Waals surface area contributed by atoms with Crippen molar-refractivity contribution in [3.63, 3.8) is 0 Å². The van der Waals surface area contributed by atoms with Crippen LogP contribution in [0.15, 0.2) is 23.3 Å². The van der Waals surface area contributed by atoms with Gasteiger partial charge in [-0.05, 0) is 19.9 Å². The molecule has 6 nitrogen and oxygen atoms in total. The predicted octanol–water partition coefficient (Wildman–Crippen LogP) is 1.40. The molecule has 1 N–H and O–H groups in total. The zero-order chi connectivity index (χ0) is 14.8. The fraction of sp³-hybridized carbons (Fsp3) is 0.467. The summed E-state index contributed by atoms with van der Waals surface area (Å²) >= 11 is 0. The van der Waals surface area contributed by atoms with Crippen LogP contribution in [0.5, 0.6) is 11.5 Å². The third-order valence-electron chi connectivity index (χ3n) is 3.88. The van der Waals surface area contributed by atoms with Crippen molar-refractivity contribution in [1.29, 1.82) is 0 Å². The number of nitrogens with one attached hydrogen (secondary N) is 1. The highest BCUT2D eigenvalue weighted by Gasteiger charge is 2.20. The minimum absolute atomic E-state index is 0.121. The maximum atomic E-state index is 12.1. The van der Waals surface area contributed by atoms with Crippen molar-refractivity contribution in [3.05, 3.63) is 28.8 Å². The average Bonchev–Trinajstić information content (AvgIpc) is 2.49. The summed E-state index contributed by atoms with van der Waals surface area (Å²) in [4.78, 5) is 21.1. The van der Waals surface area contributed by atoms with Gasteiger partial charge in [0.1, 0.15) is 23.0 Å². The molecule has 0 atom stereocenters. The summed E-state index contributed by atoms with van der Waals surface area (Å²) in [7, 11) is 3.69. The van der Waals surface area contributed by atoms with Gasteiger partial charge in [0, 0.05) is 25.2 Å². The van der Waals surface area contributed by atoms with E-state index in [2.05, 4.69) is 21.9 Å². The van der Waals surface area contributed by atoms with Gasteiger partial charge in [0.25, 0.3) is 5.56 Å². The molecule has 1 aromatic carbocycles. The van der Waals surface area contributed by atoms with Gasteiger partial charge in [0.2, 0.25) is 0 Å². The molecule has 1 aromatic heterocycles. The number of rotatable bonds is 3. The lowest BCUT2D eigenvalue weighted by Gasteiger charge is -2.29. The number of aromatic amines is 1. The van der Waals surface area contributed by atoms with Crippen LogP contribution < -0.4 is 15.0 Å². The second-order valence-corrected chi connectivity index (χ2v) is 5.37. The molecule has 6 heteroatoms. The van der Waals surface area contributed by atoms with Gasteiger partial charge < -0.3 is 19.4 Å². The molecule has 0 saturated carbocycles. The Balaban J connectivity index is 1.98. The first kappa shape index (κ1) is 13.9. The molecule has 1 saturated heterocycles. The van der Waals surface area contributed by atoms with Crippen LogP contribution in [0.2, 0.25) is 0 Å². The van der Waals surface area contributed by atoms with Crippen LogP contribution in [-0.2, 0) is 0 Å². The highest BCUT2D eigenvalue weighted by atomic mass is 16.5. The first-order chi connectivity index (χ1) is 10.2. The smallest absolute Gasteiger partial charge is 0.262 e. The van der Waals surface area contributed by atoms with Crippen molar-refractivity contribution in [2.75, 3.05) is 27.2 Å². The van der Waals surface area contributed by atoms with E-state index >= 15 is 0 Å². The maximum absolute atomic E-state index is 12.1. The number of ether oxygens (including phenoxy) is 2. The van der Waals surface area contributed by atoms with Crippen LogP contribution >= 0.6 is 0 Å². The number of nitrogens with zero attached hydrogens (tertiary/aromatic N) is 2. The van der Waals surface area contributed by atoms with E-state index < -0.39 is 0 Å². The lowest BCUT2D eigenvalue weighted by molar-refractivity contribution is 0.115. The number of piperidine rings is 1. The Kier molecular flexibility index (Phi) is 3.79. The number of aromatic nitrogens is 2. The predicted molar refractivity (Wildman–Crippen MR) is 80.1 cm³/mol. The number of methoxy groups -OCH3 is 1. The van der Waals surface area contributed by atoms with Crippen LogP contribution in [0.1, 0.15) is 12.8 Å². The molecule has 3 rings (SSSR count). The Hall–Kier alpha value is -2.08. The summed E-state index contributed by atoms with van der Waals surface area (Å²) in [5, 5.41) is 0.484. The van der Waals surface area contributed by atoms with Crippen LogP contribution in [0.25, 0.3) is 10.9 Å². The fourth-order valence-electron chi connectivity index (χ4n) is 2.63. The van der Waals surface area contributed by atoms with Gasteiger partial charge in [-0.2, -0.15) is 0 Å². The third kappa shape index (κ3) is 2.85. The SMILES string of the molecule is COc1cc(OC2CCN(C)CC2)c2c(=O)[nH]cnc2c1. The second kappa shape index (κ2) is 5.73. The minimum atomic E-state index is -0.189. The molecular formula is C15H19N3O3. The van der Waals surface area contributed by atoms with Crippen molar-refractivity contribution < 1.29 is 9.47 Å². The Morgan fingerprint density at radius 1 is 1.33 bits per heavy atom. The zero-order valence-corrected chi connectivity index (χ0v) is 12.3. The summed E-state index contributed by atoms with van der Waals surface area (Å²) in [5.41, 5.74) is 0.395. The average molecular weight is 289 g/mol. The largest absolute Gasteiger partial charge is 0.497 e. The van der Waals surface area contributed by atoms with Gasteiger partial charge in [-0.15, -0.1) is 0 Å². The monoisotopic (exact) mass is 289 g/mol. The Morgan fingerprint density at radius 3 is 2.81 bits per heavy atom. The standard InChI is InChI=1S/C15H19N3O3/c1-18-5-3-10(4-6-18)21-13-8-11(20-2)7-12-14(13)15(19)17-9-16-12/h7-10H,3-6H2,1-2H3,(H,16,17,19). The van der Waals surface area contributed by atoms with E-state index in [-0.39, 0.29) is 11.7 Å². The van der Waals surface area contributed by atoms with Gasteiger partial charge in [-0.25, -0.2) is 4.98 Å². The molecule has 21 heavy (non-hydrogen) atoms. The Bertz CT molecular complexity index is 690. The first-order valence-electron chi connectivity index (χ1n) is 7.08. The summed E-state index contributed by atoms with van der Waals surface area (Å²) in [6, 6.07) is 3.50. The number of likely N-dealkylation sites (tertiary alicyclic amines) is 1. The third-order valence-corrected chi connectivity index (χ3v) is 3.88. The molecule has 0 unspecified atom stereocenters. The summed E-state index contributed by atoms with van der Waals surface area (Å²) in [5.74, 6) is 1.19. The lowest BCUT2D eigenvalue weighted by Crippen LogP contribution is -2.35. The molecular weight excluding hydrogens is 270 g/mol. The van der Waals surface area contributed by atoms with Crippen LogP contribution in [-0.4, -0.2) is 48.2 Å². The molecule has 2 aromatic rings. The molecule has 0 spiro atoms. The van der Waals surface area contributed by atoms with E-state index in [1.807, 2.05) is 0 Å². The van der Waals surface area contributed by atoms with Gasteiger partial charge >= 0.3 is 0 Å². The molecule has 2 heterocycles. The Labute approximate surface area is 122 Å². The molecule has 1 fully saturated rings. The molecule has 0 bridgehead atoms. The van der Waals surface area contributed by atoms with Crippen LogP contribution in [0.3, 0.4) is 0 Å². The Morgan fingerprint density at radius 2 is 2.10 bits per heavy atom. The van der Waals surface area contributed by atoms with Crippen molar-refractivity contribution in [1.82, 2.24) is 14.9 Å². The van der Waals surface area contributed by atoms with Crippen molar-refractivity contribution in [3.8, 4) is 11.5 Å². The van der Waals surface area contributed by atoms with Crippen molar-refractivity contribution in [2.45, 2.75) is 18.9 Å². The van der Waals surface area contributed by atoms with E-state index in [1.165, 1.54) is 6.33 Å². The van der Waals surface area contributed by atoms with Gasteiger partial charge in [0.15, 0.2) is 0 Å². The number of fused-ring (bicyclic) bond motifs is 1. The molecule has 0 amide bonds. The molecule has 1 aliphatic heterocycles. The molecule has 0 radical (unpaired) electrons. The highest BCUT2D eigenvalue weighted by molar-refractivity contribution is 5.85. The van der Waals surface area contributed by atoms with E-state index in [0.29, 0.717) is 22.4 Å². The highest BCUT2D eigenvalue weighted by Crippen LogP contribution is 2.29. The number of hydrogen-bond donors (Lipinski definition) is 1. The quantitative estimate of drug-likeness (QED) is 0.925. The summed E-state index contributed by atoms with van der Waals surface area (Å²) < 4.78 is 11.3. The van der Waals surface area contributed by atoms with Crippen molar-refractivity contribution >= 4 is 10.9 Å². The van der Waals surface area contributed by atoms with E-state index in [0.717, 1.165) is 25.9 Å². The second-order valence-electron chi connectivity index (χ2n) is 5.37. The first-order valence-corrected chi connectivity index (χ1v) is 7.08. The van der Waals surface area contributed by atoms with E-state index in [1.54, 1.807) is 19.2 Å². The van der Waals surface area contributed by atoms with Crippen molar-refractivity contribution in [2.24, 2.45) is 0 Å². The summed E-state index contributed by atoms with van der Waals surface area (Å²) in [6.45, 7) is 2.00. The number of H-pyrrole nitrogens is 1. The van der Waals surface area contributed by atoms with E-state index in [4.69, 9.17) is 9.47 Å². The summed E-state index contributed by atoms with van der Waals surface area (Å²) in [6.07, 6.45) is 3.42. The topological polar surface area (TPSA) is 67.5 Å². The van der Waals surface area contributed by atoms with Gasteiger partial charge in [0.05, 0.1) is 19.0 Å². The van der Waals surface area contributed by atoms with Crippen LogP contribution in [0.4, 0.5) is 0 Å². The fourth-order valence-corrected chi connectivity index (χ4v) is 2.63. The molecule has 112 valence electrons. The zero-order valence-electron chi connectivity index (χ0n) is 12.3. The van der Waals surface area contributed by atoms with E-state index in [9.17, 15) is 4.79 Å². The lowest BCUT2D eigenvalue weighted by atomic mass is 10.1. The maximum Gasteiger partial charge on any atom is 0.262 e. The molecule has 1 aliphatic rings. The van der Waals surface area contributed by atoms with Gasteiger partial charge in [-0.1, -0.05) is 0 Å².